The summed E-state index contributed by atoms with van der Waals surface area (Å²) in [5, 5.41) is 3.81. The van der Waals surface area contributed by atoms with E-state index in [1.807, 2.05) is 0 Å². The third kappa shape index (κ3) is 4.50. The number of anilines is 2. The second kappa shape index (κ2) is 9.26. The molecule has 0 bridgehead atoms. The quantitative estimate of drug-likeness (QED) is 0.515. The molecule has 2 aromatic carbocycles. The van der Waals surface area contributed by atoms with Crippen LogP contribution in [0.5, 0.6) is 0 Å². The molecule has 0 heterocycles. The Bertz CT molecular complexity index is 726. The van der Waals surface area contributed by atoms with Crippen LogP contribution in [0.3, 0.4) is 0 Å². The molecule has 1 heteroatoms. The first-order valence-electron chi connectivity index (χ1n) is 10.4. The summed E-state index contributed by atoms with van der Waals surface area (Å²) < 4.78 is 0. The van der Waals surface area contributed by atoms with Gasteiger partial charge in [-0.05, 0) is 105 Å². The molecule has 0 atom stereocenters. The monoisotopic (exact) mass is 351 g/mol. The maximum atomic E-state index is 3.81. The van der Waals surface area contributed by atoms with Gasteiger partial charge < -0.3 is 5.32 Å². The minimum atomic E-state index is 1.15. The first-order valence-corrected chi connectivity index (χ1v) is 10.4. The third-order valence-corrected chi connectivity index (χ3v) is 6.05. The highest BCUT2D eigenvalue weighted by molar-refractivity contribution is 5.72. The number of nitrogens with one attached hydrogen (secondary N) is 1. The van der Waals surface area contributed by atoms with Crippen LogP contribution in [0.25, 0.3) is 0 Å². The molecule has 2 aromatic rings. The summed E-state index contributed by atoms with van der Waals surface area (Å²) in [6.07, 6.45) is 7.35. The predicted octanol–water partition coefficient (Wildman–Crippen LogP) is 7.66. The average molecular weight is 352 g/mol. The molecule has 0 aliphatic carbocycles. The predicted molar refractivity (Wildman–Crippen MR) is 117 cm³/mol. The SMILES string of the molecule is CCCCc1ccc(Nc2c(C)c(C)c(C)c(C)c2C)c(CCCC)c1. The summed E-state index contributed by atoms with van der Waals surface area (Å²) >= 11 is 0. The van der Waals surface area contributed by atoms with Gasteiger partial charge in [0.2, 0.25) is 0 Å². The van der Waals surface area contributed by atoms with Gasteiger partial charge in [0.25, 0.3) is 0 Å². The zero-order chi connectivity index (χ0) is 19.3. The van der Waals surface area contributed by atoms with E-state index in [9.17, 15) is 0 Å². The zero-order valence-corrected chi connectivity index (χ0v) is 18.0. The van der Waals surface area contributed by atoms with Crippen molar-refractivity contribution in [3.8, 4) is 0 Å². The molecule has 0 aliphatic rings. The van der Waals surface area contributed by atoms with E-state index in [0.717, 1.165) is 6.42 Å². The summed E-state index contributed by atoms with van der Waals surface area (Å²) in [7, 11) is 0. The van der Waals surface area contributed by atoms with E-state index in [0.29, 0.717) is 0 Å². The van der Waals surface area contributed by atoms with Gasteiger partial charge in [0.15, 0.2) is 0 Å². The molecule has 0 saturated heterocycles. The number of benzene rings is 2. The second-order valence-electron chi connectivity index (χ2n) is 7.82. The lowest BCUT2D eigenvalue weighted by molar-refractivity contribution is 0.781. The van der Waals surface area contributed by atoms with E-state index in [1.54, 1.807) is 0 Å². The Morgan fingerprint density at radius 1 is 0.692 bits per heavy atom. The van der Waals surface area contributed by atoms with Gasteiger partial charge in [-0.25, -0.2) is 0 Å². The summed E-state index contributed by atoms with van der Waals surface area (Å²) in [4.78, 5) is 0. The largest absolute Gasteiger partial charge is 0.355 e. The fourth-order valence-corrected chi connectivity index (χ4v) is 3.70. The van der Waals surface area contributed by atoms with Crippen molar-refractivity contribution >= 4 is 11.4 Å². The van der Waals surface area contributed by atoms with Crippen molar-refractivity contribution in [1.82, 2.24) is 0 Å². The van der Waals surface area contributed by atoms with Crippen molar-refractivity contribution < 1.29 is 0 Å². The lowest BCUT2D eigenvalue weighted by atomic mass is 9.92. The van der Waals surface area contributed by atoms with Crippen LogP contribution in [0.2, 0.25) is 0 Å². The number of hydrogen-bond acceptors (Lipinski definition) is 1. The average Bonchev–Trinajstić information content (AvgIpc) is 2.65. The van der Waals surface area contributed by atoms with Crippen LogP contribution in [-0.2, 0) is 12.8 Å². The Morgan fingerprint density at radius 3 is 1.81 bits per heavy atom. The van der Waals surface area contributed by atoms with Crippen LogP contribution in [0.1, 0.15) is 78.5 Å². The van der Waals surface area contributed by atoms with Crippen LogP contribution >= 0.6 is 0 Å². The van der Waals surface area contributed by atoms with Crippen molar-refractivity contribution in [2.75, 3.05) is 5.32 Å². The zero-order valence-electron chi connectivity index (χ0n) is 18.0. The van der Waals surface area contributed by atoms with E-state index < -0.39 is 0 Å². The van der Waals surface area contributed by atoms with Crippen LogP contribution in [-0.4, -0.2) is 0 Å². The highest BCUT2D eigenvalue weighted by atomic mass is 14.9. The highest BCUT2D eigenvalue weighted by Crippen LogP contribution is 2.34. The fraction of sp³-hybridized carbons (Fsp3) is 0.520. The normalized spacial score (nSPS) is 11.0. The van der Waals surface area contributed by atoms with Gasteiger partial charge in [0.1, 0.15) is 0 Å². The third-order valence-electron chi connectivity index (χ3n) is 6.05. The van der Waals surface area contributed by atoms with Gasteiger partial charge in [-0.3, -0.25) is 0 Å². The van der Waals surface area contributed by atoms with Crippen molar-refractivity contribution in [3.05, 3.63) is 57.1 Å². The first-order chi connectivity index (χ1) is 12.4. The molecule has 0 amide bonds. The molecule has 1 nitrogen and oxygen atoms in total. The lowest BCUT2D eigenvalue weighted by Gasteiger charge is -2.22. The highest BCUT2D eigenvalue weighted by Gasteiger charge is 2.14. The van der Waals surface area contributed by atoms with E-state index >= 15 is 0 Å². The van der Waals surface area contributed by atoms with Crippen LogP contribution in [0, 0.1) is 34.6 Å². The molecule has 26 heavy (non-hydrogen) atoms. The molecule has 0 spiro atoms. The van der Waals surface area contributed by atoms with Gasteiger partial charge >= 0.3 is 0 Å². The lowest BCUT2D eigenvalue weighted by Crippen LogP contribution is -2.05. The van der Waals surface area contributed by atoms with E-state index in [-0.39, 0.29) is 0 Å². The van der Waals surface area contributed by atoms with Crippen molar-refractivity contribution in [3.63, 3.8) is 0 Å². The molecule has 1 N–H and O–H groups in total. The van der Waals surface area contributed by atoms with Gasteiger partial charge in [-0.2, -0.15) is 0 Å². The molecule has 0 aliphatic heterocycles. The molecule has 0 unspecified atom stereocenters. The van der Waals surface area contributed by atoms with Gasteiger partial charge in [-0.15, -0.1) is 0 Å². The van der Waals surface area contributed by atoms with Crippen molar-refractivity contribution in [1.29, 1.82) is 0 Å². The second-order valence-corrected chi connectivity index (χ2v) is 7.82. The van der Waals surface area contributed by atoms with Gasteiger partial charge in [0.05, 0.1) is 0 Å². The van der Waals surface area contributed by atoms with Gasteiger partial charge in [0, 0.05) is 11.4 Å². The molecule has 0 fully saturated rings. The summed E-state index contributed by atoms with van der Waals surface area (Å²) in [6, 6.07) is 7.05. The van der Waals surface area contributed by atoms with Crippen molar-refractivity contribution in [2.45, 2.75) is 87.0 Å². The summed E-state index contributed by atoms with van der Waals surface area (Å²) in [5.41, 5.74) is 12.5. The standard InChI is InChI=1S/C25H37N/c1-8-10-12-22-14-15-24(23(16-22)13-11-9-2)26-25-20(6)18(4)17(3)19(5)21(25)7/h14-16,26H,8-13H2,1-7H3. The summed E-state index contributed by atoms with van der Waals surface area (Å²) in [5.74, 6) is 0. The molecule has 0 aromatic heterocycles. The van der Waals surface area contributed by atoms with E-state index in [2.05, 4.69) is 72.0 Å². The Morgan fingerprint density at radius 2 is 1.23 bits per heavy atom. The number of aryl methyl sites for hydroxylation is 2. The maximum Gasteiger partial charge on any atom is 0.0449 e. The van der Waals surface area contributed by atoms with Crippen LogP contribution in [0.15, 0.2) is 18.2 Å². The minimum absolute atomic E-state index is 1.15. The minimum Gasteiger partial charge on any atom is -0.355 e. The Kier molecular flexibility index (Phi) is 7.32. The Balaban J connectivity index is 2.42. The molecule has 0 radical (unpaired) electrons. The Hall–Kier alpha value is -1.76. The molecular formula is C25H37N. The van der Waals surface area contributed by atoms with Crippen LogP contribution < -0.4 is 5.32 Å². The number of rotatable bonds is 8. The molecule has 0 saturated carbocycles. The van der Waals surface area contributed by atoms with E-state index in [4.69, 9.17) is 0 Å². The first kappa shape index (κ1) is 20.6. The molecule has 142 valence electrons. The number of hydrogen-bond donors (Lipinski definition) is 1. The topological polar surface area (TPSA) is 12.0 Å². The Labute approximate surface area is 161 Å². The smallest absolute Gasteiger partial charge is 0.0449 e. The van der Waals surface area contributed by atoms with E-state index in [1.165, 1.54) is 82.4 Å². The maximum absolute atomic E-state index is 3.81. The summed E-state index contributed by atoms with van der Waals surface area (Å²) in [6.45, 7) is 15.8. The molecular weight excluding hydrogens is 314 g/mol. The van der Waals surface area contributed by atoms with Crippen molar-refractivity contribution in [2.24, 2.45) is 0 Å². The fourth-order valence-electron chi connectivity index (χ4n) is 3.70. The molecule has 2 rings (SSSR count). The van der Waals surface area contributed by atoms with Gasteiger partial charge in [-0.1, -0.05) is 38.8 Å². The van der Waals surface area contributed by atoms with Crippen LogP contribution in [0.4, 0.5) is 11.4 Å². The number of unbranched alkanes of at least 4 members (excludes halogenated alkanes) is 2.